The van der Waals surface area contributed by atoms with Crippen molar-refractivity contribution in [3.05, 3.63) is 54.1 Å². The van der Waals surface area contributed by atoms with Crippen molar-refractivity contribution < 1.29 is 17.9 Å². The summed E-state index contributed by atoms with van der Waals surface area (Å²) >= 11 is 0. The van der Waals surface area contributed by atoms with Crippen molar-refractivity contribution in [1.82, 2.24) is 10.9 Å². The van der Waals surface area contributed by atoms with Crippen molar-refractivity contribution in [3.63, 3.8) is 0 Å². The van der Waals surface area contributed by atoms with Crippen LogP contribution in [0.4, 0.5) is 11.4 Å². The number of hydrogen-bond acceptors (Lipinski definition) is 6. The molecular formula is C21H28N4O4S. The molecule has 162 valence electrons. The molecule has 8 nitrogen and oxygen atoms in total. The first-order valence-corrected chi connectivity index (χ1v) is 11.5. The van der Waals surface area contributed by atoms with Gasteiger partial charge in [0, 0.05) is 17.8 Å². The van der Waals surface area contributed by atoms with Gasteiger partial charge in [-0.2, -0.15) is 0 Å². The maximum absolute atomic E-state index is 12.7. The Kier molecular flexibility index (Phi) is 6.96. The van der Waals surface area contributed by atoms with E-state index in [0.29, 0.717) is 29.6 Å². The van der Waals surface area contributed by atoms with Crippen molar-refractivity contribution in [1.29, 1.82) is 0 Å². The molecule has 0 spiro atoms. The number of nitrogens with one attached hydrogen (secondary N) is 4. The van der Waals surface area contributed by atoms with Crippen molar-refractivity contribution in [2.75, 3.05) is 16.6 Å². The number of carbonyl (C=O) groups excluding carboxylic acids is 1. The van der Waals surface area contributed by atoms with Gasteiger partial charge in [-0.15, -0.1) is 0 Å². The maximum atomic E-state index is 12.7. The number of sulfonamides is 1. The molecular weight excluding hydrogens is 404 g/mol. The van der Waals surface area contributed by atoms with Crippen LogP contribution in [0.25, 0.3) is 0 Å². The third kappa shape index (κ3) is 5.50. The number of carbonyl (C=O) groups is 1. The van der Waals surface area contributed by atoms with E-state index in [1.165, 1.54) is 5.56 Å². The lowest BCUT2D eigenvalue weighted by Crippen LogP contribution is -2.42. The Morgan fingerprint density at radius 2 is 1.70 bits per heavy atom. The van der Waals surface area contributed by atoms with Crippen LogP contribution in [0.15, 0.2) is 48.5 Å². The molecule has 1 amide bonds. The molecule has 1 heterocycles. The zero-order valence-electron chi connectivity index (χ0n) is 17.3. The standard InChI is InChI=1S/C21H28N4O4S/c1-4-29-18-11-9-17(10-12-18)25-30(27,28)20-13-19(23-24-20)21(26)22-16-7-5-15(6-8-16)14(2)3/h5-12,14,19-20,23-25H,4,13H2,1-3H3,(H,22,26). The first kappa shape index (κ1) is 22.1. The van der Waals surface area contributed by atoms with E-state index < -0.39 is 21.4 Å². The normalized spacial score (nSPS) is 18.9. The van der Waals surface area contributed by atoms with E-state index in [9.17, 15) is 13.2 Å². The van der Waals surface area contributed by atoms with Gasteiger partial charge in [0.1, 0.15) is 17.2 Å². The fraction of sp³-hybridized carbons (Fsp3) is 0.381. The van der Waals surface area contributed by atoms with Crippen LogP contribution < -0.4 is 25.6 Å². The molecule has 4 N–H and O–H groups in total. The average Bonchev–Trinajstić information content (AvgIpc) is 3.21. The Bertz CT molecular complexity index is 960. The van der Waals surface area contributed by atoms with Gasteiger partial charge < -0.3 is 10.1 Å². The molecule has 30 heavy (non-hydrogen) atoms. The first-order valence-electron chi connectivity index (χ1n) is 9.95. The van der Waals surface area contributed by atoms with Gasteiger partial charge in [-0.25, -0.2) is 19.3 Å². The summed E-state index contributed by atoms with van der Waals surface area (Å²) in [7, 11) is -3.74. The van der Waals surface area contributed by atoms with Crippen molar-refractivity contribution >= 4 is 27.3 Å². The van der Waals surface area contributed by atoms with E-state index in [1.807, 2.05) is 31.2 Å². The summed E-state index contributed by atoms with van der Waals surface area (Å²) in [6.45, 7) is 6.62. The lowest BCUT2D eigenvalue weighted by molar-refractivity contribution is -0.117. The highest BCUT2D eigenvalue weighted by molar-refractivity contribution is 7.93. The average molecular weight is 433 g/mol. The number of rotatable bonds is 8. The second-order valence-electron chi connectivity index (χ2n) is 7.44. The number of benzene rings is 2. The van der Waals surface area contributed by atoms with Gasteiger partial charge in [-0.3, -0.25) is 9.52 Å². The molecule has 2 atom stereocenters. The minimum Gasteiger partial charge on any atom is -0.494 e. The molecule has 0 radical (unpaired) electrons. The number of amides is 1. The van der Waals surface area contributed by atoms with Crippen molar-refractivity contribution in [2.24, 2.45) is 0 Å². The maximum Gasteiger partial charge on any atom is 0.250 e. The third-order valence-corrected chi connectivity index (χ3v) is 6.41. The molecule has 3 rings (SSSR count). The summed E-state index contributed by atoms with van der Waals surface area (Å²) in [6, 6.07) is 13.6. The van der Waals surface area contributed by atoms with Gasteiger partial charge in [0.2, 0.25) is 15.9 Å². The predicted octanol–water partition coefficient (Wildman–Crippen LogP) is 2.78. The minimum absolute atomic E-state index is 0.0995. The van der Waals surface area contributed by atoms with Gasteiger partial charge in [-0.05, 0) is 54.8 Å². The summed E-state index contributed by atoms with van der Waals surface area (Å²) in [5, 5.41) is 1.88. The summed E-state index contributed by atoms with van der Waals surface area (Å²) in [6.07, 6.45) is 0.0995. The second kappa shape index (κ2) is 9.46. The topological polar surface area (TPSA) is 109 Å². The van der Waals surface area contributed by atoms with Crippen LogP contribution in [0.5, 0.6) is 5.75 Å². The van der Waals surface area contributed by atoms with Crippen LogP contribution in [-0.2, 0) is 14.8 Å². The minimum atomic E-state index is -3.74. The first-order chi connectivity index (χ1) is 14.3. The van der Waals surface area contributed by atoms with E-state index in [1.54, 1.807) is 24.3 Å². The van der Waals surface area contributed by atoms with E-state index in [0.717, 1.165) is 0 Å². The second-order valence-corrected chi connectivity index (χ2v) is 9.30. The lowest BCUT2D eigenvalue weighted by atomic mass is 10.0. The highest BCUT2D eigenvalue weighted by Crippen LogP contribution is 2.21. The van der Waals surface area contributed by atoms with Crippen LogP contribution in [0.2, 0.25) is 0 Å². The van der Waals surface area contributed by atoms with Crippen LogP contribution in [0.1, 0.15) is 38.7 Å². The molecule has 2 unspecified atom stereocenters. The van der Waals surface area contributed by atoms with Crippen molar-refractivity contribution in [2.45, 2.75) is 44.5 Å². The molecule has 0 bridgehead atoms. The molecule has 1 aliphatic rings. The summed E-state index contributed by atoms with van der Waals surface area (Å²) < 4.78 is 33.2. The largest absolute Gasteiger partial charge is 0.494 e. The zero-order valence-corrected chi connectivity index (χ0v) is 18.1. The molecule has 1 aliphatic heterocycles. The van der Waals surface area contributed by atoms with Crippen LogP contribution in [-0.4, -0.2) is 32.3 Å². The van der Waals surface area contributed by atoms with Gasteiger partial charge in [0.15, 0.2) is 0 Å². The van der Waals surface area contributed by atoms with Gasteiger partial charge in [0.25, 0.3) is 0 Å². The molecule has 2 aromatic carbocycles. The van der Waals surface area contributed by atoms with Gasteiger partial charge in [-0.1, -0.05) is 26.0 Å². The SMILES string of the molecule is CCOc1ccc(NS(=O)(=O)C2CC(C(=O)Nc3ccc(C(C)C)cc3)NN2)cc1. The van der Waals surface area contributed by atoms with Gasteiger partial charge >= 0.3 is 0 Å². The van der Waals surface area contributed by atoms with Crippen LogP contribution >= 0.6 is 0 Å². The molecule has 1 fully saturated rings. The van der Waals surface area contributed by atoms with Gasteiger partial charge in [0.05, 0.1) is 6.61 Å². The molecule has 0 saturated carbocycles. The number of ether oxygens (including phenoxy) is 1. The molecule has 2 aromatic rings. The quantitative estimate of drug-likeness (QED) is 0.511. The summed E-state index contributed by atoms with van der Waals surface area (Å²) in [5.41, 5.74) is 7.76. The fourth-order valence-electron chi connectivity index (χ4n) is 3.10. The molecule has 1 saturated heterocycles. The Hall–Kier alpha value is -2.62. The molecule has 0 aromatic heterocycles. The Morgan fingerprint density at radius 1 is 1.07 bits per heavy atom. The number of anilines is 2. The Balaban J connectivity index is 1.57. The molecule has 0 aliphatic carbocycles. The van der Waals surface area contributed by atoms with Crippen LogP contribution in [0, 0.1) is 0 Å². The van der Waals surface area contributed by atoms with E-state index in [4.69, 9.17) is 4.74 Å². The van der Waals surface area contributed by atoms with E-state index in [2.05, 4.69) is 34.7 Å². The third-order valence-electron chi connectivity index (χ3n) is 4.83. The van der Waals surface area contributed by atoms with Crippen molar-refractivity contribution in [3.8, 4) is 5.75 Å². The van der Waals surface area contributed by atoms with E-state index in [-0.39, 0.29) is 12.3 Å². The van der Waals surface area contributed by atoms with E-state index >= 15 is 0 Å². The summed E-state index contributed by atoms with van der Waals surface area (Å²) in [4.78, 5) is 12.5. The summed E-state index contributed by atoms with van der Waals surface area (Å²) in [5.74, 6) is 0.780. The number of hydrazine groups is 1. The lowest BCUT2D eigenvalue weighted by Gasteiger charge is -2.14. The smallest absolute Gasteiger partial charge is 0.250 e. The Morgan fingerprint density at radius 3 is 2.30 bits per heavy atom. The fourth-order valence-corrected chi connectivity index (χ4v) is 4.38. The monoisotopic (exact) mass is 432 g/mol. The zero-order chi connectivity index (χ0) is 21.7. The number of hydrogen-bond donors (Lipinski definition) is 4. The highest BCUT2D eigenvalue weighted by Gasteiger charge is 2.37. The molecule has 9 heteroatoms. The Labute approximate surface area is 177 Å². The highest BCUT2D eigenvalue weighted by atomic mass is 32.2. The predicted molar refractivity (Wildman–Crippen MR) is 118 cm³/mol. The van der Waals surface area contributed by atoms with Crippen LogP contribution in [0.3, 0.4) is 0 Å².